The van der Waals surface area contributed by atoms with Crippen LogP contribution in [-0.2, 0) is 22.4 Å². The first-order valence-electron chi connectivity index (χ1n) is 8.28. The zero-order chi connectivity index (χ0) is 18.2. The summed E-state index contributed by atoms with van der Waals surface area (Å²) in [5, 5.41) is 3.57. The van der Waals surface area contributed by atoms with Crippen molar-refractivity contribution in [2.45, 2.75) is 25.7 Å². The van der Waals surface area contributed by atoms with Crippen LogP contribution in [0.3, 0.4) is 0 Å². The van der Waals surface area contributed by atoms with Crippen molar-refractivity contribution in [3.8, 4) is 0 Å². The number of aryl methyl sites for hydroxylation is 2. The van der Waals surface area contributed by atoms with Crippen molar-refractivity contribution < 1.29 is 9.59 Å². The number of nitrogens with one attached hydrogen (secondary N) is 1. The quantitative estimate of drug-likeness (QED) is 0.815. The van der Waals surface area contributed by atoms with E-state index in [1.54, 1.807) is 19.0 Å². The number of hydrogen-bond acceptors (Lipinski definition) is 2. The van der Waals surface area contributed by atoms with Gasteiger partial charge >= 0.3 is 0 Å². The van der Waals surface area contributed by atoms with Crippen LogP contribution in [-0.4, -0.2) is 30.8 Å². The Hall–Kier alpha value is -2.33. The molecule has 0 spiro atoms. The fourth-order valence-electron chi connectivity index (χ4n) is 2.40. The van der Waals surface area contributed by atoms with Gasteiger partial charge in [-0.15, -0.1) is 0 Å². The van der Waals surface area contributed by atoms with Crippen LogP contribution in [0.4, 0.5) is 5.69 Å². The molecule has 2 amide bonds. The fourth-order valence-corrected chi connectivity index (χ4v) is 2.63. The molecule has 1 N–H and O–H groups in total. The minimum atomic E-state index is -0.0459. The van der Waals surface area contributed by atoms with Crippen molar-refractivity contribution in [2.75, 3.05) is 19.4 Å². The van der Waals surface area contributed by atoms with Crippen LogP contribution in [0.25, 0.3) is 0 Å². The third-order valence-electron chi connectivity index (χ3n) is 3.94. The molecule has 0 fully saturated rings. The Morgan fingerprint density at radius 2 is 1.64 bits per heavy atom. The number of rotatable bonds is 7. The molecule has 5 heteroatoms. The summed E-state index contributed by atoms with van der Waals surface area (Å²) in [4.78, 5) is 25.3. The van der Waals surface area contributed by atoms with E-state index in [2.05, 4.69) is 5.32 Å². The molecule has 0 aliphatic carbocycles. The summed E-state index contributed by atoms with van der Waals surface area (Å²) in [7, 11) is 3.51. The first kappa shape index (κ1) is 19.0. The zero-order valence-corrected chi connectivity index (χ0v) is 15.3. The molecule has 0 radical (unpaired) electrons. The molecule has 0 aromatic heterocycles. The summed E-state index contributed by atoms with van der Waals surface area (Å²) < 4.78 is 0. The van der Waals surface area contributed by atoms with E-state index in [0.29, 0.717) is 30.7 Å². The van der Waals surface area contributed by atoms with E-state index in [9.17, 15) is 9.59 Å². The van der Waals surface area contributed by atoms with Crippen LogP contribution in [0.5, 0.6) is 0 Å². The third kappa shape index (κ3) is 6.24. The van der Waals surface area contributed by atoms with Gasteiger partial charge in [0.2, 0.25) is 11.8 Å². The molecule has 0 unspecified atom stereocenters. The summed E-state index contributed by atoms with van der Waals surface area (Å²) >= 11 is 6.10. The smallest absolute Gasteiger partial charge is 0.224 e. The van der Waals surface area contributed by atoms with Gasteiger partial charge in [0.1, 0.15) is 0 Å². The lowest BCUT2D eigenvalue weighted by molar-refractivity contribution is -0.128. The summed E-state index contributed by atoms with van der Waals surface area (Å²) in [6, 6.07) is 15.2. The van der Waals surface area contributed by atoms with Crippen LogP contribution in [0.2, 0.25) is 5.02 Å². The predicted molar refractivity (Wildman–Crippen MR) is 102 cm³/mol. The normalized spacial score (nSPS) is 10.4. The van der Waals surface area contributed by atoms with Crippen molar-refractivity contribution in [3.05, 3.63) is 64.7 Å². The summed E-state index contributed by atoms with van der Waals surface area (Å²) in [6.07, 6.45) is 2.16. The summed E-state index contributed by atoms with van der Waals surface area (Å²) in [5.41, 5.74) is 2.80. The molecular weight excluding hydrogens is 336 g/mol. The lowest BCUT2D eigenvalue weighted by Crippen LogP contribution is -2.21. The highest BCUT2D eigenvalue weighted by atomic mass is 35.5. The van der Waals surface area contributed by atoms with Crippen molar-refractivity contribution >= 4 is 29.1 Å². The second-order valence-electron chi connectivity index (χ2n) is 6.12. The number of carbonyl (C=O) groups is 2. The van der Waals surface area contributed by atoms with Crippen molar-refractivity contribution in [3.63, 3.8) is 0 Å². The second kappa shape index (κ2) is 9.23. The van der Waals surface area contributed by atoms with Crippen molar-refractivity contribution in [1.82, 2.24) is 4.90 Å². The Kier molecular flexibility index (Phi) is 7.02. The molecule has 0 saturated heterocycles. The maximum atomic E-state index is 12.1. The van der Waals surface area contributed by atoms with Gasteiger partial charge in [-0.25, -0.2) is 0 Å². The monoisotopic (exact) mass is 358 g/mol. The molecule has 0 atom stereocenters. The van der Waals surface area contributed by atoms with E-state index in [0.717, 1.165) is 16.8 Å². The lowest BCUT2D eigenvalue weighted by atomic mass is 10.1. The molecule has 2 aromatic carbocycles. The molecule has 132 valence electrons. The molecule has 0 aliphatic heterocycles. The van der Waals surface area contributed by atoms with E-state index >= 15 is 0 Å². The highest BCUT2D eigenvalue weighted by Gasteiger charge is 2.07. The van der Waals surface area contributed by atoms with Crippen LogP contribution < -0.4 is 5.32 Å². The minimum Gasteiger partial charge on any atom is -0.349 e. The Bertz CT molecular complexity index is 727. The summed E-state index contributed by atoms with van der Waals surface area (Å²) in [6.45, 7) is 0. The topological polar surface area (TPSA) is 49.4 Å². The van der Waals surface area contributed by atoms with E-state index in [1.807, 2.05) is 48.5 Å². The largest absolute Gasteiger partial charge is 0.349 e. The van der Waals surface area contributed by atoms with Gasteiger partial charge in [0, 0.05) is 37.6 Å². The highest BCUT2D eigenvalue weighted by molar-refractivity contribution is 6.31. The van der Waals surface area contributed by atoms with Gasteiger partial charge in [-0.05, 0) is 42.2 Å². The molecule has 0 saturated carbocycles. The number of nitrogens with zero attached hydrogens (tertiary/aromatic N) is 1. The predicted octanol–water partition coefficient (Wildman–Crippen LogP) is 3.93. The van der Waals surface area contributed by atoms with Gasteiger partial charge < -0.3 is 10.2 Å². The van der Waals surface area contributed by atoms with Gasteiger partial charge in [0.05, 0.1) is 0 Å². The standard InChI is InChI=1S/C20H23ClN2O2/c1-23(2)20(25)14-9-15-7-11-17(12-8-15)22-19(24)13-10-16-5-3-4-6-18(16)21/h3-8,11-12H,9-10,13-14H2,1-2H3,(H,22,24). The number of benzene rings is 2. The average molecular weight is 359 g/mol. The molecule has 4 nitrogen and oxygen atoms in total. The van der Waals surface area contributed by atoms with Gasteiger partial charge in [-0.1, -0.05) is 41.9 Å². The molecular formula is C20H23ClN2O2. The maximum absolute atomic E-state index is 12.1. The van der Waals surface area contributed by atoms with E-state index in [1.165, 1.54) is 0 Å². The first-order chi connectivity index (χ1) is 12.0. The van der Waals surface area contributed by atoms with E-state index < -0.39 is 0 Å². The van der Waals surface area contributed by atoms with Gasteiger partial charge in [-0.3, -0.25) is 9.59 Å². The number of anilines is 1. The number of hydrogen-bond donors (Lipinski definition) is 1. The van der Waals surface area contributed by atoms with Gasteiger partial charge in [-0.2, -0.15) is 0 Å². The van der Waals surface area contributed by atoms with Crippen LogP contribution in [0, 0.1) is 0 Å². The molecule has 2 rings (SSSR count). The Labute approximate surface area is 153 Å². The van der Waals surface area contributed by atoms with E-state index in [4.69, 9.17) is 11.6 Å². The van der Waals surface area contributed by atoms with E-state index in [-0.39, 0.29) is 11.8 Å². The molecule has 0 aliphatic rings. The molecule has 0 heterocycles. The number of amides is 2. The Morgan fingerprint density at radius 3 is 2.28 bits per heavy atom. The van der Waals surface area contributed by atoms with Gasteiger partial charge in [0.25, 0.3) is 0 Å². The fraction of sp³-hybridized carbons (Fsp3) is 0.300. The number of halogens is 1. The molecule has 0 bridgehead atoms. The SMILES string of the molecule is CN(C)C(=O)CCc1ccc(NC(=O)CCc2ccccc2Cl)cc1. The Morgan fingerprint density at radius 1 is 0.960 bits per heavy atom. The minimum absolute atomic E-state index is 0.0459. The zero-order valence-electron chi connectivity index (χ0n) is 14.6. The Balaban J connectivity index is 1.81. The average Bonchev–Trinajstić information content (AvgIpc) is 2.60. The van der Waals surface area contributed by atoms with Gasteiger partial charge in [0.15, 0.2) is 0 Å². The van der Waals surface area contributed by atoms with Crippen LogP contribution >= 0.6 is 11.6 Å². The highest BCUT2D eigenvalue weighted by Crippen LogP contribution is 2.17. The van der Waals surface area contributed by atoms with Crippen LogP contribution in [0.15, 0.2) is 48.5 Å². The number of carbonyl (C=O) groups excluding carboxylic acids is 2. The third-order valence-corrected chi connectivity index (χ3v) is 4.31. The maximum Gasteiger partial charge on any atom is 0.224 e. The van der Waals surface area contributed by atoms with Crippen molar-refractivity contribution in [1.29, 1.82) is 0 Å². The lowest BCUT2D eigenvalue weighted by Gasteiger charge is -2.10. The van der Waals surface area contributed by atoms with Crippen molar-refractivity contribution in [2.24, 2.45) is 0 Å². The molecule has 25 heavy (non-hydrogen) atoms. The molecule has 2 aromatic rings. The van der Waals surface area contributed by atoms with Crippen LogP contribution in [0.1, 0.15) is 24.0 Å². The first-order valence-corrected chi connectivity index (χ1v) is 8.66. The second-order valence-corrected chi connectivity index (χ2v) is 6.53. The summed E-state index contributed by atoms with van der Waals surface area (Å²) in [5.74, 6) is 0.0624.